The maximum absolute atomic E-state index is 14.4. The molecule has 4 amide bonds. The number of aliphatic hydroxyl groups excluding tert-OH is 1. The SMILES string of the molecule is CC[C@H](C)[C@@H](C(CC(=O)N1CCCC1[C@H](OC)[C@@H](C)C(O)N[C@@H](Cc1ccccc1)C(=O)NCCOCCON)OC)N(C)C(=O)[C@@H](NC(=O)[C@H](C(C)C)N(C)C)C(C)C. The van der Waals surface area contributed by atoms with E-state index in [-0.39, 0.29) is 73.6 Å². The Labute approximate surface area is 359 Å². The fourth-order valence-corrected chi connectivity index (χ4v) is 8.48. The number of hydrogen-bond donors (Lipinski definition) is 5. The molecule has 6 N–H and O–H groups in total. The molecule has 1 heterocycles. The van der Waals surface area contributed by atoms with Crippen molar-refractivity contribution in [3.8, 4) is 0 Å². The number of amides is 4. The molecule has 10 atom stereocenters. The molecule has 0 bridgehead atoms. The van der Waals surface area contributed by atoms with E-state index in [0.717, 1.165) is 18.4 Å². The van der Waals surface area contributed by atoms with E-state index in [2.05, 4.69) is 20.8 Å². The Hall–Kier alpha value is -3.22. The summed E-state index contributed by atoms with van der Waals surface area (Å²) >= 11 is 0. The van der Waals surface area contributed by atoms with Crippen LogP contribution < -0.4 is 21.8 Å². The Kier molecular flexibility index (Phi) is 23.8. The first-order valence-corrected chi connectivity index (χ1v) is 21.7. The lowest BCUT2D eigenvalue weighted by Gasteiger charge is -2.41. The highest BCUT2D eigenvalue weighted by Crippen LogP contribution is 2.30. The van der Waals surface area contributed by atoms with Crippen LogP contribution in [0.4, 0.5) is 0 Å². The van der Waals surface area contributed by atoms with E-state index in [1.54, 1.807) is 26.2 Å². The second-order valence-electron chi connectivity index (χ2n) is 17.2. The molecule has 0 spiro atoms. The number of rotatable bonds is 28. The highest BCUT2D eigenvalue weighted by Gasteiger charge is 2.43. The highest BCUT2D eigenvalue weighted by atomic mass is 16.6. The summed E-state index contributed by atoms with van der Waals surface area (Å²) in [6, 6.07) is 6.78. The average Bonchev–Trinajstić information content (AvgIpc) is 3.70. The van der Waals surface area contributed by atoms with E-state index in [1.807, 2.05) is 103 Å². The molecule has 1 saturated heterocycles. The van der Waals surface area contributed by atoms with Crippen LogP contribution in [0.25, 0.3) is 0 Å². The van der Waals surface area contributed by atoms with Crippen LogP contribution in [-0.2, 0) is 44.6 Å². The van der Waals surface area contributed by atoms with Crippen molar-refractivity contribution in [1.82, 2.24) is 30.7 Å². The molecule has 60 heavy (non-hydrogen) atoms. The number of nitrogens with one attached hydrogen (secondary N) is 3. The largest absolute Gasteiger partial charge is 0.379 e. The van der Waals surface area contributed by atoms with Crippen LogP contribution >= 0.6 is 0 Å². The number of benzene rings is 1. The van der Waals surface area contributed by atoms with Gasteiger partial charge in [0.15, 0.2) is 0 Å². The first kappa shape index (κ1) is 52.9. The minimum absolute atomic E-state index is 0.0162. The van der Waals surface area contributed by atoms with Crippen molar-refractivity contribution in [1.29, 1.82) is 0 Å². The first-order valence-electron chi connectivity index (χ1n) is 21.7. The lowest BCUT2D eigenvalue weighted by atomic mass is 9.89. The summed E-state index contributed by atoms with van der Waals surface area (Å²) in [6.07, 6.45) is 0.115. The van der Waals surface area contributed by atoms with Crippen LogP contribution in [0, 0.1) is 23.7 Å². The Balaban J connectivity index is 2.27. The van der Waals surface area contributed by atoms with Gasteiger partial charge in [0.2, 0.25) is 23.6 Å². The van der Waals surface area contributed by atoms with E-state index in [1.165, 1.54) is 0 Å². The maximum atomic E-state index is 14.4. The fraction of sp³-hybridized carbons (Fsp3) is 0.773. The zero-order chi connectivity index (χ0) is 45.1. The molecule has 3 unspecified atom stereocenters. The minimum Gasteiger partial charge on any atom is -0.379 e. The number of nitrogens with zero attached hydrogens (tertiary/aromatic N) is 3. The second-order valence-corrected chi connectivity index (χ2v) is 17.2. The van der Waals surface area contributed by atoms with Gasteiger partial charge in [0.05, 0.1) is 62.6 Å². The number of likely N-dealkylation sites (tertiary alicyclic amines) is 1. The smallest absolute Gasteiger partial charge is 0.245 e. The molecule has 2 rings (SSSR count). The normalized spacial score (nSPS) is 19.0. The van der Waals surface area contributed by atoms with Gasteiger partial charge in [-0.1, -0.05) is 85.2 Å². The third kappa shape index (κ3) is 15.6. The van der Waals surface area contributed by atoms with Crippen molar-refractivity contribution in [2.45, 2.75) is 129 Å². The summed E-state index contributed by atoms with van der Waals surface area (Å²) in [5.74, 6) is 3.45. The van der Waals surface area contributed by atoms with E-state index >= 15 is 0 Å². The number of ether oxygens (including phenoxy) is 3. The Morgan fingerprint density at radius 3 is 2.15 bits per heavy atom. The summed E-state index contributed by atoms with van der Waals surface area (Å²) in [4.78, 5) is 65.5. The van der Waals surface area contributed by atoms with Crippen LogP contribution in [0.3, 0.4) is 0 Å². The predicted octanol–water partition coefficient (Wildman–Crippen LogP) is 2.18. The minimum atomic E-state index is -1.16. The van der Waals surface area contributed by atoms with Crippen LogP contribution in [0.1, 0.15) is 79.7 Å². The van der Waals surface area contributed by atoms with Crippen molar-refractivity contribution < 1.29 is 43.3 Å². The standard InChI is InChI=1S/C44H79N7O9/c1-13-30(6)39(50(10)44(56)37(28(2)3)48-43(55)38(29(4)5)49(8)9)35(57-11)27-36(52)51-22-17-20-34(51)40(58-12)31(7)41(53)47-33(26-32-18-15-14-16-19-32)42(54)46-21-23-59-24-25-60-45/h14-16,18-19,28-31,33-35,37-41,47,53H,13,17,20-27,45H2,1-12H3,(H,46,54)(H,48,55)/t30-,31+,33-,34?,35?,37-,38-,39-,40+,41?/m0/s1. The van der Waals surface area contributed by atoms with Crippen LogP contribution in [0.2, 0.25) is 0 Å². The van der Waals surface area contributed by atoms with Crippen molar-refractivity contribution >= 4 is 23.6 Å². The van der Waals surface area contributed by atoms with Gasteiger partial charge in [0, 0.05) is 40.3 Å². The maximum Gasteiger partial charge on any atom is 0.245 e. The van der Waals surface area contributed by atoms with Crippen LogP contribution in [-0.4, -0.2) is 160 Å². The summed E-state index contributed by atoms with van der Waals surface area (Å²) in [7, 11) is 8.58. The summed E-state index contributed by atoms with van der Waals surface area (Å²) in [6.45, 7) is 15.3. The number of aliphatic hydroxyl groups is 1. The third-order valence-corrected chi connectivity index (χ3v) is 11.9. The Morgan fingerprint density at radius 2 is 1.60 bits per heavy atom. The molecular formula is C44H79N7O9. The number of carbonyl (C=O) groups is 4. The van der Waals surface area contributed by atoms with Crippen molar-refractivity contribution in [2.75, 3.05) is 68.3 Å². The van der Waals surface area contributed by atoms with Crippen LogP contribution in [0.15, 0.2) is 30.3 Å². The topological polar surface area (TPSA) is 197 Å². The third-order valence-electron chi connectivity index (χ3n) is 11.9. The van der Waals surface area contributed by atoms with Gasteiger partial charge in [-0.3, -0.25) is 29.4 Å². The molecule has 1 fully saturated rings. The van der Waals surface area contributed by atoms with Crippen molar-refractivity contribution in [3.63, 3.8) is 0 Å². The van der Waals surface area contributed by atoms with Gasteiger partial charge in [0.25, 0.3) is 0 Å². The lowest BCUT2D eigenvalue weighted by molar-refractivity contribution is -0.147. The molecule has 1 aliphatic heterocycles. The second kappa shape index (κ2) is 27.0. The molecule has 0 aromatic heterocycles. The average molecular weight is 850 g/mol. The van der Waals surface area contributed by atoms with Gasteiger partial charge >= 0.3 is 0 Å². The van der Waals surface area contributed by atoms with Gasteiger partial charge < -0.3 is 44.6 Å². The van der Waals surface area contributed by atoms with Gasteiger partial charge in [-0.25, -0.2) is 5.90 Å². The molecule has 1 aliphatic rings. The molecule has 344 valence electrons. The number of likely N-dealkylation sites (N-methyl/N-ethyl adjacent to an activating group) is 2. The zero-order valence-corrected chi connectivity index (χ0v) is 38.5. The number of hydrogen-bond acceptors (Lipinski definition) is 12. The molecule has 1 aromatic carbocycles. The van der Waals surface area contributed by atoms with E-state index in [4.69, 9.17) is 20.1 Å². The van der Waals surface area contributed by atoms with Gasteiger partial charge in [-0.2, -0.15) is 0 Å². The number of nitrogens with two attached hydrogens (primary N) is 1. The Morgan fingerprint density at radius 1 is 0.933 bits per heavy atom. The fourth-order valence-electron chi connectivity index (χ4n) is 8.48. The highest BCUT2D eigenvalue weighted by molar-refractivity contribution is 5.90. The van der Waals surface area contributed by atoms with Crippen molar-refractivity contribution in [2.24, 2.45) is 29.6 Å². The van der Waals surface area contributed by atoms with Crippen LogP contribution in [0.5, 0.6) is 0 Å². The molecule has 0 saturated carbocycles. The monoisotopic (exact) mass is 850 g/mol. The Bertz CT molecular complexity index is 1410. The van der Waals surface area contributed by atoms with Gasteiger partial charge in [0.1, 0.15) is 12.3 Å². The van der Waals surface area contributed by atoms with E-state index < -0.39 is 48.5 Å². The predicted molar refractivity (Wildman–Crippen MR) is 232 cm³/mol. The van der Waals surface area contributed by atoms with Gasteiger partial charge in [-0.05, 0) is 56.7 Å². The van der Waals surface area contributed by atoms with E-state index in [0.29, 0.717) is 26.0 Å². The molecule has 16 nitrogen and oxygen atoms in total. The molecule has 0 aliphatic carbocycles. The molecule has 16 heteroatoms. The van der Waals surface area contributed by atoms with Crippen molar-refractivity contribution in [3.05, 3.63) is 35.9 Å². The first-order chi connectivity index (χ1) is 28.4. The zero-order valence-electron chi connectivity index (χ0n) is 38.5. The molecule has 0 radical (unpaired) electrons. The summed E-state index contributed by atoms with van der Waals surface area (Å²) in [5, 5.41) is 20.7. The van der Waals surface area contributed by atoms with Gasteiger partial charge in [-0.15, -0.1) is 0 Å². The molecule has 1 aromatic rings. The number of methoxy groups -OCH3 is 2. The summed E-state index contributed by atoms with van der Waals surface area (Å²) < 4.78 is 17.5. The quantitative estimate of drug-likeness (QED) is 0.0469. The lowest BCUT2D eigenvalue weighted by Crippen LogP contribution is -2.59. The summed E-state index contributed by atoms with van der Waals surface area (Å²) in [5.41, 5.74) is 0.918. The number of carbonyl (C=O) groups excluding carboxylic acids is 4. The van der Waals surface area contributed by atoms with E-state index in [9.17, 15) is 24.3 Å². The molecular weight excluding hydrogens is 771 g/mol.